The lowest BCUT2D eigenvalue weighted by atomic mass is 10.0. The summed E-state index contributed by atoms with van der Waals surface area (Å²) in [6.07, 6.45) is 0. The van der Waals surface area contributed by atoms with Gasteiger partial charge in [0.15, 0.2) is 0 Å². The van der Waals surface area contributed by atoms with Gasteiger partial charge in [-0.3, -0.25) is 0 Å². The number of hydrogen-bond donors (Lipinski definition) is 0. The maximum atomic E-state index is 5.92. The summed E-state index contributed by atoms with van der Waals surface area (Å²) in [4.78, 5) is 0. The first-order chi connectivity index (χ1) is 6.68. The van der Waals surface area contributed by atoms with Crippen LogP contribution in [0.4, 0.5) is 0 Å². The van der Waals surface area contributed by atoms with Crippen LogP contribution in [0.3, 0.4) is 0 Å². The van der Waals surface area contributed by atoms with Gasteiger partial charge in [-0.15, -0.1) is 0 Å². The Morgan fingerprint density at radius 3 is 2.36 bits per heavy atom. The summed E-state index contributed by atoms with van der Waals surface area (Å²) in [6, 6.07) is 6.04. The maximum Gasteiger partial charge on any atom is 0.0409 e. The number of hydrogen-bond acceptors (Lipinski definition) is 1. The van der Waals surface area contributed by atoms with E-state index in [1.807, 2.05) is 12.1 Å². The smallest absolute Gasteiger partial charge is 0.0409 e. The van der Waals surface area contributed by atoms with Crippen molar-refractivity contribution in [3.63, 3.8) is 0 Å². The molecule has 0 saturated heterocycles. The molecule has 0 unspecified atom stereocenters. The topological polar surface area (TPSA) is 0 Å². The van der Waals surface area contributed by atoms with Gasteiger partial charge in [-0.05, 0) is 59.0 Å². The summed E-state index contributed by atoms with van der Waals surface area (Å²) < 4.78 is 0. The highest BCUT2D eigenvalue weighted by atomic mass is 35.5. The molecule has 0 aliphatic rings. The van der Waals surface area contributed by atoms with Gasteiger partial charge in [0.25, 0.3) is 0 Å². The van der Waals surface area contributed by atoms with Crippen molar-refractivity contribution in [1.82, 2.24) is 0 Å². The molecule has 2 aromatic rings. The largest absolute Gasteiger partial charge is 0.151 e. The van der Waals surface area contributed by atoms with Crippen LogP contribution in [0, 0.1) is 13.8 Å². The molecular weight excluding hydrogens is 212 g/mol. The molecule has 2 heteroatoms. The average molecular weight is 223 g/mol. The van der Waals surface area contributed by atoms with Gasteiger partial charge in [0.1, 0.15) is 0 Å². The second-order valence-corrected chi connectivity index (χ2v) is 4.61. The standard InChI is InChI=1S/C12H11ClS/c1-8-5-10(13)3-4-11(8)12-7-14-6-9(12)2/h3-7H,1-2H3. The van der Waals surface area contributed by atoms with Crippen LogP contribution in [-0.4, -0.2) is 0 Å². The van der Waals surface area contributed by atoms with Crippen LogP contribution in [-0.2, 0) is 0 Å². The fourth-order valence-electron chi connectivity index (χ4n) is 1.57. The number of halogens is 1. The molecule has 0 N–H and O–H groups in total. The third-order valence-corrected chi connectivity index (χ3v) is 3.43. The summed E-state index contributed by atoms with van der Waals surface area (Å²) in [6.45, 7) is 4.23. The molecule has 0 spiro atoms. The van der Waals surface area contributed by atoms with Crippen LogP contribution >= 0.6 is 22.9 Å². The zero-order valence-electron chi connectivity index (χ0n) is 8.17. The quantitative estimate of drug-likeness (QED) is 0.657. The number of benzene rings is 1. The molecular formula is C12H11ClS. The van der Waals surface area contributed by atoms with Crippen LogP contribution in [0.1, 0.15) is 11.1 Å². The van der Waals surface area contributed by atoms with Gasteiger partial charge in [0.2, 0.25) is 0 Å². The Labute approximate surface area is 93.2 Å². The second kappa shape index (κ2) is 3.76. The van der Waals surface area contributed by atoms with Crippen LogP contribution in [0.25, 0.3) is 11.1 Å². The minimum absolute atomic E-state index is 0.805. The van der Waals surface area contributed by atoms with E-state index in [4.69, 9.17) is 11.6 Å². The first-order valence-corrected chi connectivity index (χ1v) is 5.80. The van der Waals surface area contributed by atoms with Gasteiger partial charge < -0.3 is 0 Å². The zero-order valence-corrected chi connectivity index (χ0v) is 9.75. The van der Waals surface area contributed by atoms with E-state index in [1.165, 1.54) is 22.3 Å². The third-order valence-electron chi connectivity index (χ3n) is 2.33. The van der Waals surface area contributed by atoms with Gasteiger partial charge in [0, 0.05) is 5.02 Å². The lowest BCUT2D eigenvalue weighted by Crippen LogP contribution is -1.82. The zero-order chi connectivity index (χ0) is 10.1. The minimum Gasteiger partial charge on any atom is -0.151 e. The molecule has 72 valence electrons. The number of thiophene rings is 1. The Bertz CT molecular complexity index is 457. The molecule has 1 aromatic carbocycles. The molecule has 2 rings (SSSR count). The maximum absolute atomic E-state index is 5.92. The first kappa shape index (κ1) is 9.75. The van der Waals surface area contributed by atoms with Crippen LogP contribution in [0.2, 0.25) is 5.02 Å². The molecule has 0 atom stereocenters. The molecule has 0 bridgehead atoms. The summed E-state index contributed by atoms with van der Waals surface area (Å²) in [5.74, 6) is 0. The highest BCUT2D eigenvalue weighted by molar-refractivity contribution is 7.08. The molecule has 14 heavy (non-hydrogen) atoms. The van der Waals surface area contributed by atoms with Crippen molar-refractivity contribution in [2.24, 2.45) is 0 Å². The summed E-state index contributed by atoms with van der Waals surface area (Å²) in [7, 11) is 0. The predicted octanol–water partition coefficient (Wildman–Crippen LogP) is 4.69. The van der Waals surface area contributed by atoms with Crippen molar-refractivity contribution in [2.75, 3.05) is 0 Å². The van der Waals surface area contributed by atoms with Crippen molar-refractivity contribution >= 4 is 22.9 Å². The summed E-state index contributed by atoms with van der Waals surface area (Å²) in [5, 5.41) is 5.16. The average Bonchev–Trinajstić information content (AvgIpc) is 2.52. The Hall–Kier alpha value is -0.790. The summed E-state index contributed by atoms with van der Waals surface area (Å²) in [5.41, 5.74) is 5.18. The van der Waals surface area contributed by atoms with E-state index in [2.05, 4.69) is 30.7 Å². The van der Waals surface area contributed by atoms with E-state index in [0.29, 0.717) is 0 Å². The second-order valence-electron chi connectivity index (χ2n) is 3.43. The van der Waals surface area contributed by atoms with Gasteiger partial charge in [-0.2, -0.15) is 11.3 Å². The van der Waals surface area contributed by atoms with E-state index in [9.17, 15) is 0 Å². The molecule has 0 radical (unpaired) electrons. The lowest BCUT2D eigenvalue weighted by Gasteiger charge is -2.05. The van der Waals surface area contributed by atoms with Crippen LogP contribution in [0.15, 0.2) is 29.0 Å². The molecule has 0 fully saturated rings. The lowest BCUT2D eigenvalue weighted by molar-refractivity contribution is 1.44. The molecule has 0 saturated carbocycles. The van der Waals surface area contributed by atoms with E-state index < -0.39 is 0 Å². The van der Waals surface area contributed by atoms with Crippen LogP contribution in [0.5, 0.6) is 0 Å². The Morgan fingerprint density at radius 2 is 1.79 bits per heavy atom. The van der Waals surface area contributed by atoms with Crippen molar-refractivity contribution in [3.05, 3.63) is 45.1 Å². The van der Waals surface area contributed by atoms with Crippen molar-refractivity contribution in [3.8, 4) is 11.1 Å². The Balaban J connectivity index is 2.58. The van der Waals surface area contributed by atoms with Gasteiger partial charge in [0.05, 0.1) is 0 Å². The van der Waals surface area contributed by atoms with Gasteiger partial charge in [-0.1, -0.05) is 17.7 Å². The molecule has 0 aliphatic heterocycles. The Morgan fingerprint density at radius 1 is 1.00 bits per heavy atom. The van der Waals surface area contributed by atoms with E-state index in [-0.39, 0.29) is 0 Å². The third kappa shape index (κ3) is 1.70. The predicted molar refractivity (Wildman–Crippen MR) is 64.2 cm³/mol. The molecule has 0 nitrogen and oxygen atoms in total. The molecule has 0 amide bonds. The highest BCUT2D eigenvalue weighted by Gasteiger charge is 2.05. The van der Waals surface area contributed by atoms with E-state index in [0.717, 1.165) is 5.02 Å². The van der Waals surface area contributed by atoms with Gasteiger partial charge in [-0.25, -0.2) is 0 Å². The van der Waals surface area contributed by atoms with E-state index in [1.54, 1.807) is 11.3 Å². The SMILES string of the molecule is Cc1cc(Cl)ccc1-c1cscc1C. The Kier molecular flexibility index (Phi) is 2.62. The van der Waals surface area contributed by atoms with Crippen molar-refractivity contribution < 1.29 is 0 Å². The molecule has 1 aromatic heterocycles. The van der Waals surface area contributed by atoms with Crippen molar-refractivity contribution in [1.29, 1.82) is 0 Å². The fraction of sp³-hybridized carbons (Fsp3) is 0.167. The van der Waals surface area contributed by atoms with Crippen molar-refractivity contribution in [2.45, 2.75) is 13.8 Å². The van der Waals surface area contributed by atoms with Crippen LogP contribution < -0.4 is 0 Å². The normalized spacial score (nSPS) is 10.5. The monoisotopic (exact) mass is 222 g/mol. The van der Waals surface area contributed by atoms with E-state index >= 15 is 0 Å². The highest BCUT2D eigenvalue weighted by Crippen LogP contribution is 2.30. The first-order valence-electron chi connectivity index (χ1n) is 4.48. The molecule has 0 aliphatic carbocycles. The number of rotatable bonds is 1. The minimum atomic E-state index is 0.805. The summed E-state index contributed by atoms with van der Waals surface area (Å²) >= 11 is 7.66. The molecule has 1 heterocycles. The number of aryl methyl sites for hydroxylation is 2. The fourth-order valence-corrected chi connectivity index (χ4v) is 2.64. The van der Waals surface area contributed by atoms with Gasteiger partial charge >= 0.3 is 0 Å².